The Morgan fingerprint density at radius 2 is 1.90 bits per heavy atom. The number of carbonyl (C=O) groups excluding carboxylic acids is 1. The van der Waals surface area contributed by atoms with Crippen LogP contribution in [-0.2, 0) is 0 Å². The normalized spacial score (nSPS) is 18.3. The van der Waals surface area contributed by atoms with Crippen LogP contribution >= 0.6 is 15.9 Å². The van der Waals surface area contributed by atoms with Crippen LogP contribution in [0.25, 0.3) is 0 Å². The van der Waals surface area contributed by atoms with Crippen molar-refractivity contribution in [3.63, 3.8) is 0 Å². The van der Waals surface area contributed by atoms with E-state index in [2.05, 4.69) is 21.2 Å². The number of hydrogen-bond donors (Lipinski definition) is 3. The molecule has 0 aliphatic heterocycles. The minimum atomic E-state index is -0.760. The summed E-state index contributed by atoms with van der Waals surface area (Å²) < 4.78 is 0.774. The number of anilines is 1. The van der Waals surface area contributed by atoms with Gasteiger partial charge in [0.2, 0.25) is 0 Å². The van der Waals surface area contributed by atoms with Gasteiger partial charge < -0.3 is 16.2 Å². The second kappa shape index (κ2) is 6.59. The van der Waals surface area contributed by atoms with Crippen molar-refractivity contribution in [2.75, 3.05) is 12.3 Å². The fourth-order valence-electron chi connectivity index (χ4n) is 2.65. The molecule has 4 nitrogen and oxygen atoms in total. The molecule has 0 saturated heterocycles. The molecule has 0 spiro atoms. The summed E-state index contributed by atoms with van der Waals surface area (Å²) in [4.78, 5) is 12.1. The van der Waals surface area contributed by atoms with Crippen molar-refractivity contribution >= 4 is 27.5 Å². The molecule has 1 aromatic rings. The van der Waals surface area contributed by atoms with Gasteiger partial charge in [0.25, 0.3) is 5.91 Å². The predicted octanol–water partition coefficient (Wildman–Crippen LogP) is 2.85. The van der Waals surface area contributed by atoms with E-state index < -0.39 is 5.60 Å². The van der Waals surface area contributed by atoms with Crippen molar-refractivity contribution in [2.24, 2.45) is 0 Å². The third-order valence-electron chi connectivity index (χ3n) is 3.79. The monoisotopic (exact) mass is 340 g/mol. The number of halogens is 1. The van der Waals surface area contributed by atoms with Crippen molar-refractivity contribution in [1.82, 2.24) is 5.32 Å². The van der Waals surface area contributed by atoms with Gasteiger partial charge in [-0.05, 0) is 31.0 Å². The maximum absolute atomic E-state index is 12.1. The molecule has 0 heterocycles. The van der Waals surface area contributed by atoms with E-state index in [1.165, 1.54) is 12.8 Å². The first-order valence-corrected chi connectivity index (χ1v) is 7.84. The zero-order chi connectivity index (χ0) is 14.6. The summed E-state index contributed by atoms with van der Waals surface area (Å²) in [5, 5.41) is 13.3. The Balaban J connectivity index is 1.97. The summed E-state index contributed by atoms with van der Waals surface area (Å²) in [6.45, 7) is 0.304. The molecule has 0 aromatic heterocycles. The molecule has 20 heavy (non-hydrogen) atoms. The lowest BCUT2D eigenvalue weighted by atomic mass is 9.94. The summed E-state index contributed by atoms with van der Waals surface area (Å²) in [5.74, 6) is -0.198. The summed E-state index contributed by atoms with van der Waals surface area (Å²) in [6, 6.07) is 5.11. The van der Waals surface area contributed by atoms with E-state index in [9.17, 15) is 9.90 Å². The van der Waals surface area contributed by atoms with Crippen molar-refractivity contribution < 1.29 is 9.90 Å². The number of rotatable bonds is 3. The van der Waals surface area contributed by atoms with E-state index in [4.69, 9.17) is 5.73 Å². The molecule has 4 N–H and O–H groups in total. The van der Waals surface area contributed by atoms with Crippen LogP contribution in [0.5, 0.6) is 0 Å². The van der Waals surface area contributed by atoms with E-state index in [-0.39, 0.29) is 5.91 Å². The number of nitrogens with one attached hydrogen (secondary N) is 1. The van der Waals surface area contributed by atoms with Crippen molar-refractivity contribution in [1.29, 1.82) is 0 Å². The number of aliphatic hydroxyl groups is 1. The van der Waals surface area contributed by atoms with Gasteiger partial charge in [-0.3, -0.25) is 4.79 Å². The highest BCUT2D eigenvalue weighted by Gasteiger charge is 2.28. The summed E-state index contributed by atoms with van der Waals surface area (Å²) in [5.41, 5.74) is 6.01. The van der Waals surface area contributed by atoms with Gasteiger partial charge in [0.1, 0.15) is 0 Å². The average molecular weight is 341 g/mol. The van der Waals surface area contributed by atoms with Crippen LogP contribution in [0.1, 0.15) is 48.9 Å². The minimum Gasteiger partial charge on any atom is -0.399 e. The largest absolute Gasteiger partial charge is 0.399 e. The smallest absolute Gasteiger partial charge is 0.251 e. The molecule has 1 fully saturated rings. The van der Waals surface area contributed by atoms with E-state index in [1.807, 2.05) is 0 Å². The van der Waals surface area contributed by atoms with Crippen LogP contribution in [0.15, 0.2) is 22.7 Å². The Morgan fingerprint density at radius 1 is 1.25 bits per heavy atom. The highest BCUT2D eigenvalue weighted by molar-refractivity contribution is 9.10. The maximum Gasteiger partial charge on any atom is 0.251 e. The van der Waals surface area contributed by atoms with Crippen LogP contribution in [0.4, 0.5) is 5.69 Å². The van der Waals surface area contributed by atoms with Crippen LogP contribution < -0.4 is 11.1 Å². The molecule has 1 saturated carbocycles. The van der Waals surface area contributed by atoms with Gasteiger partial charge in [0, 0.05) is 22.3 Å². The molecule has 2 rings (SSSR count). The summed E-state index contributed by atoms with van der Waals surface area (Å²) in [7, 11) is 0. The van der Waals surface area contributed by atoms with Crippen LogP contribution in [0.2, 0.25) is 0 Å². The Bertz CT molecular complexity index is 463. The second-order valence-electron chi connectivity index (χ2n) is 5.59. The number of nitrogens with two attached hydrogens (primary N) is 1. The molecular formula is C15H21BrN2O2. The van der Waals surface area contributed by atoms with Gasteiger partial charge in [0.05, 0.1) is 5.60 Å². The fourth-order valence-corrected chi connectivity index (χ4v) is 3.16. The van der Waals surface area contributed by atoms with E-state index in [0.717, 1.165) is 30.2 Å². The second-order valence-corrected chi connectivity index (χ2v) is 6.51. The topological polar surface area (TPSA) is 75.4 Å². The van der Waals surface area contributed by atoms with Gasteiger partial charge in [-0.2, -0.15) is 0 Å². The fraction of sp³-hybridized carbons (Fsp3) is 0.533. The average Bonchev–Trinajstić information content (AvgIpc) is 2.60. The Labute approximate surface area is 127 Å². The molecule has 0 radical (unpaired) electrons. The lowest BCUT2D eigenvalue weighted by molar-refractivity contribution is 0.0246. The van der Waals surface area contributed by atoms with Gasteiger partial charge in [-0.15, -0.1) is 0 Å². The Morgan fingerprint density at radius 3 is 2.50 bits per heavy atom. The van der Waals surface area contributed by atoms with Gasteiger partial charge in [-0.25, -0.2) is 0 Å². The minimum absolute atomic E-state index is 0.198. The molecule has 1 amide bonds. The first kappa shape index (κ1) is 15.3. The van der Waals surface area contributed by atoms with Crippen molar-refractivity contribution in [3.05, 3.63) is 28.2 Å². The zero-order valence-corrected chi connectivity index (χ0v) is 13.1. The standard InChI is InChI=1S/C15H21BrN2O2/c16-12-7-11(8-13(17)9-12)14(19)18-10-15(20)5-3-1-2-4-6-15/h7-9,20H,1-6,10,17H2,(H,18,19). The third-order valence-corrected chi connectivity index (χ3v) is 4.25. The molecule has 1 aliphatic rings. The molecule has 110 valence electrons. The first-order valence-electron chi connectivity index (χ1n) is 7.05. The quantitative estimate of drug-likeness (QED) is 0.585. The lowest BCUT2D eigenvalue weighted by Crippen LogP contribution is -2.42. The summed E-state index contributed by atoms with van der Waals surface area (Å²) in [6.07, 6.45) is 5.89. The highest BCUT2D eigenvalue weighted by atomic mass is 79.9. The van der Waals surface area contributed by atoms with Crippen molar-refractivity contribution in [2.45, 2.75) is 44.1 Å². The van der Waals surface area contributed by atoms with E-state index in [1.54, 1.807) is 18.2 Å². The Kier molecular flexibility index (Phi) is 5.05. The molecule has 5 heteroatoms. The van der Waals surface area contributed by atoms with E-state index in [0.29, 0.717) is 17.8 Å². The zero-order valence-electron chi connectivity index (χ0n) is 11.5. The number of carbonyl (C=O) groups is 1. The highest BCUT2D eigenvalue weighted by Crippen LogP contribution is 2.26. The number of amides is 1. The molecule has 0 unspecified atom stereocenters. The van der Waals surface area contributed by atoms with Gasteiger partial charge >= 0.3 is 0 Å². The first-order chi connectivity index (χ1) is 9.48. The third kappa shape index (κ3) is 4.21. The number of benzene rings is 1. The number of hydrogen-bond acceptors (Lipinski definition) is 3. The van der Waals surface area contributed by atoms with Crippen LogP contribution in [-0.4, -0.2) is 23.2 Å². The number of nitrogen functional groups attached to an aromatic ring is 1. The predicted molar refractivity (Wildman–Crippen MR) is 83.5 cm³/mol. The van der Waals surface area contributed by atoms with Gasteiger partial charge in [-0.1, -0.05) is 41.6 Å². The molecule has 0 atom stereocenters. The molecule has 0 bridgehead atoms. The lowest BCUT2D eigenvalue weighted by Gasteiger charge is -2.26. The van der Waals surface area contributed by atoms with E-state index >= 15 is 0 Å². The molecule has 1 aliphatic carbocycles. The molecular weight excluding hydrogens is 320 g/mol. The van der Waals surface area contributed by atoms with Crippen molar-refractivity contribution in [3.8, 4) is 0 Å². The maximum atomic E-state index is 12.1. The Hall–Kier alpha value is -1.07. The van der Waals surface area contributed by atoms with Crippen LogP contribution in [0.3, 0.4) is 0 Å². The summed E-state index contributed by atoms with van der Waals surface area (Å²) >= 11 is 3.32. The molecule has 1 aromatic carbocycles. The van der Waals surface area contributed by atoms with Crippen LogP contribution in [0, 0.1) is 0 Å². The SMILES string of the molecule is Nc1cc(Br)cc(C(=O)NCC2(O)CCCCCC2)c1. The van der Waals surface area contributed by atoms with Gasteiger partial charge in [0.15, 0.2) is 0 Å².